The minimum Gasteiger partial charge on any atom is -0.494 e. The molecule has 1 N–H and O–H groups in total. The number of anilines is 1. The van der Waals surface area contributed by atoms with Crippen LogP contribution in [-0.2, 0) is 13.0 Å². The van der Waals surface area contributed by atoms with Gasteiger partial charge in [0.05, 0.1) is 6.61 Å². The Morgan fingerprint density at radius 2 is 1.82 bits per heavy atom. The molecule has 0 aromatic heterocycles. The molecule has 1 heterocycles. The van der Waals surface area contributed by atoms with E-state index in [0.717, 1.165) is 44.1 Å². The molecule has 22 heavy (non-hydrogen) atoms. The van der Waals surface area contributed by atoms with E-state index < -0.39 is 0 Å². The Kier molecular flexibility index (Phi) is 4.96. The van der Waals surface area contributed by atoms with Crippen molar-refractivity contribution in [3.05, 3.63) is 59.7 Å². The van der Waals surface area contributed by atoms with Gasteiger partial charge in [0.1, 0.15) is 5.75 Å². The molecule has 3 rings (SSSR count). The average Bonchev–Trinajstić information content (AvgIpc) is 2.59. The van der Waals surface area contributed by atoms with Crippen molar-refractivity contribution in [1.82, 2.24) is 4.90 Å². The van der Waals surface area contributed by atoms with Crippen LogP contribution in [0.2, 0.25) is 0 Å². The zero-order valence-electron chi connectivity index (χ0n) is 13.2. The van der Waals surface area contributed by atoms with Crippen molar-refractivity contribution < 1.29 is 4.74 Å². The third-order valence-corrected chi connectivity index (χ3v) is 4.24. The zero-order valence-corrected chi connectivity index (χ0v) is 13.2. The van der Waals surface area contributed by atoms with Gasteiger partial charge in [-0.15, -0.1) is 0 Å². The van der Waals surface area contributed by atoms with E-state index in [1.165, 1.54) is 17.5 Å². The molecular weight excluding hydrogens is 272 g/mol. The van der Waals surface area contributed by atoms with Gasteiger partial charge in [-0.05, 0) is 48.2 Å². The summed E-state index contributed by atoms with van der Waals surface area (Å²) < 4.78 is 5.81. The normalized spacial score (nSPS) is 14.4. The Hall–Kier alpha value is -2.00. The van der Waals surface area contributed by atoms with Crippen molar-refractivity contribution in [3.63, 3.8) is 0 Å². The summed E-state index contributed by atoms with van der Waals surface area (Å²) in [6.45, 7) is 4.11. The molecule has 2 aromatic carbocycles. The van der Waals surface area contributed by atoms with Crippen LogP contribution in [0.25, 0.3) is 0 Å². The van der Waals surface area contributed by atoms with E-state index in [1.54, 1.807) is 0 Å². The van der Waals surface area contributed by atoms with Gasteiger partial charge in [-0.1, -0.05) is 24.3 Å². The summed E-state index contributed by atoms with van der Waals surface area (Å²) in [6, 6.07) is 16.9. The molecule has 0 fully saturated rings. The lowest BCUT2D eigenvalue weighted by Gasteiger charge is -2.28. The molecule has 0 spiro atoms. The third-order valence-electron chi connectivity index (χ3n) is 4.24. The van der Waals surface area contributed by atoms with E-state index >= 15 is 0 Å². The van der Waals surface area contributed by atoms with Gasteiger partial charge in [-0.3, -0.25) is 4.90 Å². The lowest BCUT2D eigenvalue weighted by Crippen LogP contribution is -2.31. The molecule has 0 radical (unpaired) electrons. The van der Waals surface area contributed by atoms with Crippen LogP contribution < -0.4 is 10.1 Å². The number of fused-ring (bicyclic) bond motifs is 1. The number of nitrogens with zero attached hydrogens (tertiary/aromatic N) is 1. The van der Waals surface area contributed by atoms with Gasteiger partial charge in [-0.25, -0.2) is 0 Å². The summed E-state index contributed by atoms with van der Waals surface area (Å²) >= 11 is 0. The molecule has 1 aliphatic heterocycles. The second kappa shape index (κ2) is 7.32. The van der Waals surface area contributed by atoms with Crippen LogP contribution in [0.5, 0.6) is 5.75 Å². The molecule has 2 aromatic rings. The Balaban J connectivity index is 1.40. The summed E-state index contributed by atoms with van der Waals surface area (Å²) in [5.41, 5.74) is 4.11. The van der Waals surface area contributed by atoms with Crippen molar-refractivity contribution in [1.29, 1.82) is 0 Å². The first-order valence-corrected chi connectivity index (χ1v) is 8.05. The summed E-state index contributed by atoms with van der Waals surface area (Å²) in [5, 5.41) is 3.11. The number of hydrogen-bond donors (Lipinski definition) is 1. The van der Waals surface area contributed by atoms with Gasteiger partial charge in [0, 0.05) is 32.4 Å². The molecule has 116 valence electrons. The first-order chi connectivity index (χ1) is 10.8. The lowest BCUT2D eigenvalue weighted by atomic mass is 10.00. The molecule has 3 nitrogen and oxygen atoms in total. The molecule has 0 saturated heterocycles. The quantitative estimate of drug-likeness (QED) is 0.825. The predicted octanol–water partition coefficient (Wildman–Crippen LogP) is 3.56. The van der Waals surface area contributed by atoms with Crippen LogP contribution in [0, 0.1) is 0 Å². The van der Waals surface area contributed by atoms with Crippen LogP contribution in [-0.4, -0.2) is 31.6 Å². The molecule has 0 atom stereocenters. The van der Waals surface area contributed by atoms with E-state index in [1.807, 2.05) is 31.3 Å². The van der Waals surface area contributed by atoms with E-state index in [-0.39, 0.29) is 0 Å². The van der Waals surface area contributed by atoms with Gasteiger partial charge in [0.25, 0.3) is 0 Å². The van der Waals surface area contributed by atoms with Crippen LogP contribution in [0.15, 0.2) is 48.5 Å². The number of ether oxygens (including phenoxy) is 1. The molecular formula is C19H24N2O. The van der Waals surface area contributed by atoms with Crippen molar-refractivity contribution in [2.75, 3.05) is 32.1 Å². The monoisotopic (exact) mass is 296 g/mol. The topological polar surface area (TPSA) is 24.5 Å². The van der Waals surface area contributed by atoms with Crippen LogP contribution in [0.1, 0.15) is 17.5 Å². The van der Waals surface area contributed by atoms with Gasteiger partial charge in [0.2, 0.25) is 0 Å². The fourth-order valence-electron chi connectivity index (χ4n) is 2.94. The Morgan fingerprint density at radius 1 is 1.05 bits per heavy atom. The summed E-state index contributed by atoms with van der Waals surface area (Å²) in [6.07, 6.45) is 2.23. The Labute approximate surface area is 132 Å². The predicted molar refractivity (Wildman–Crippen MR) is 91.5 cm³/mol. The van der Waals surface area contributed by atoms with Gasteiger partial charge in [0.15, 0.2) is 0 Å². The van der Waals surface area contributed by atoms with Gasteiger partial charge in [-0.2, -0.15) is 0 Å². The largest absolute Gasteiger partial charge is 0.494 e. The SMILES string of the molecule is CNc1ccc(OCCCN2CCc3ccccc3C2)cc1. The summed E-state index contributed by atoms with van der Waals surface area (Å²) in [7, 11) is 1.92. The van der Waals surface area contributed by atoms with E-state index in [0.29, 0.717) is 0 Å². The maximum Gasteiger partial charge on any atom is 0.119 e. The average molecular weight is 296 g/mol. The molecule has 0 unspecified atom stereocenters. The number of benzene rings is 2. The van der Waals surface area contributed by atoms with E-state index in [2.05, 4.69) is 34.5 Å². The fraction of sp³-hybridized carbons (Fsp3) is 0.368. The third kappa shape index (κ3) is 3.80. The van der Waals surface area contributed by atoms with E-state index in [4.69, 9.17) is 4.74 Å². The number of nitrogens with one attached hydrogen (secondary N) is 1. The molecule has 1 aliphatic rings. The second-order valence-corrected chi connectivity index (χ2v) is 5.77. The van der Waals surface area contributed by atoms with Crippen LogP contribution >= 0.6 is 0 Å². The first kappa shape index (κ1) is 14.9. The van der Waals surface area contributed by atoms with Gasteiger partial charge >= 0.3 is 0 Å². The van der Waals surface area contributed by atoms with Crippen molar-refractivity contribution in [2.24, 2.45) is 0 Å². The smallest absolute Gasteiger partial charge is 0.119 e. The Morgan fingerprint density at radius 3 is 2.59 bits per heavy atom. The first-order valence-electron chi connectivity index (χ1n) is 8.05. The maximum atomic E-state index is 5.81. The van der Waals surface area contributed by atoms with Crippen LogP contribution in [0.4, 0.5) is 5.69 Å². The highest BCUT2D eigenvalue weighted by molar-refractivity contribution is 5.45. The molecule has 0 saturated carbocycles. The summed E-state index contributed by atoms with van der Waals surface area (Å²) in [4.78, 5) is 2.52. The molecule has 0 bridgehead atoms. The molecule has 3 heteroatoms. The minimum absolute atomic E-state index is 0.775. The van der Waals surface area contributed by atoms with Crippen molar-refractivity contribution in [2.45, 2.75) is 19.4 Å². The van der Waals surface area contributed by atoms with Gasteiger partial charge < -0.3 is 10.1 Å². The highest BCUT2D eigenvalue weighted by Gasteiger charge is 2.14. The number of rotatable bonds is 6. The van der Waals surface area contributed by atoms with Crippen molar-refractivity contribution >= 4 is 5.69 Å². The maximum absolute atomic E-state index is 5.81. The second-order valence-electron chi connectivity index (χ2n) is 5.77. The number of hydrogen-bond acceptors (Lipinski definition) is 3. The fourth-order valence-corrected chi connectivity index (χ4v) is 2.94. The molecule has 0 amide bonds. The summed E-state index contributed by atoms with van der Waals surface area (Å²) in [5.74, 6) is 0.947. The van der Waals surface area contributed by atoms with Crippen LogP contribution in [0.3, 0.4) is 0 Å². The lowest BCUT2D eigenvalue weighted by molar-refractivity contribution is 0.221. The highest BCUT2D eigenvalue weighted by atomic mass is 16.5. The minimum atomic E-state index is 0.775. The van der Waals surface area contributed by atoms with E-state index in [9.17, 15) is 0 Å². The zero-order chi connectivity index (χ0) is 15.2. The highest BCUT2D eigenvalue weighted by Crippen LogP contribution is 2.19. The standard InChI is InChI=1S/C19H24N2O/c1-20-18-7-9-19(10-8-18)22-14-4-12-21-13-11-16-5-2-3-6-17(16)15-21/h2-3,5-10,20H,4,11-15H2,1H3. The Bertz CT molecular complexity index is 595. The molecule has 0 aliphatic carbocycles. The van der Waals surface area contributed by atoms with Crippen molar-refractivity contribution in [3.8, 4) is 5.75 Å².